The fraction of sp³-hybridized carbons (Fsp3) is 0.160. The fourth-order valence-corrected chi connectivity index (χ4v) is 4.37. The van der Waals surface area contributed by atoms with Crippen molar-refractivity contribution in [3.63, 3.8) is 0 Å². The molecule has 3 aromatic carbocycles. The van der Waals surface area contributed by atoms with Crippen molar-refractivity contribution in [1.82, 2.24) is 4.90 Å². The second kappa shape index (κ2) is 8.66. The van der Waals surface area contributed by atoms with E-state index in [0.29, 0.717) is 40.9 Å². The molecule has 3 N–H and O–H groups in total. The van der Waals surface area contributed by atoms with Gasteiger partial charge in [0, 0.05) is 25.3 Å². The molecule has 0 unspecified atom stereocenters. The molecule has 31 heavy (non-hydrogen) atoms. The lowest BCUT2D eigenvalue weighted by molar-refractivity contribution is 0.0793. The maximum absolute atomic E-state index is 13.3. The van der Waals surface area contributed by atoms with E-state index < -0.39 is 0 Å². The number of fused-ring (bicyclic) bond motifs is 1. The molecule has 0 atom stereocenters. The largest absolute Gasteiger partial charge is 0.396 e. The number of nitrogen functional groups attached to an aromatic ring is 1. The molecule has 0 radical (unpaired) electrons. The first-order valence-electron chi connectivity index (χ1n) is 9.97. The molecule has 0 saturated carbocycles. The maximum atomic E-state index is 13.3. The van der Waals surface area contributed by atoms with E-state index in [0.717, 1.165) is 33.5 Å². The Morgan fingerprint density at radius 3 is 2.45 bits per heavy atom. The van der Waals surface area contributed by atoms with Crippen LogP contribution in [0.4, 0.5) is 11.4 Å². The van der Waals surface area contributed by atoms with E-state index in [2.05, 4.69) is 24.0 Å². The predicted octanol–water partition coefficient (Wildman–Crippen LogP) is 6.39. The topological polar surface area (TPSA) is 58.4 Å². The van der Waals surface area contributed by atoms with Crippen LogP contribution in [-0.2, 0) is 13.1 Å². The van der Waals surface area contributed by atoms with Gasteiger partial charge in [0.25, 0.3) is 5.91 Å². The summed E-state index contributed by atoms with van der Waals surface area (Å²) in [5, 5.41) is 4.22. The van der Waals surface area contributed by atoms with Gasteiger partial charge >= 0.3 is 0 Å². The molecule has 1 amide bonds. The Balaban J connectivity index is 1.77. The highest BCUT2D eigenvalue weighted by atomic mass is 35.5. The molecule has 6 heteroatoms. The lowest BCUT2D eigenvalue weighted by Gasteiger charge is -2.15. The summed E-state index contributed by atoms with van der Waals surface area (Å²) in [7, 11) is 0. The van der Waals surface area contributed by atoms with Gasteiger partial charge < -0.3 is 16.0 Å². The van der Waals surface area contributed by atoms with Crippen molar-refractivity contribution >= 4 is 40.5 Å². The van der Waals surface area contributed by atoms with Crippen LogP contribution in [-0.4, -0.2) is 17.4 Å². The van der Waals surface area contributed by atoms with Gasteiger partial charge in [-0.2, -0.15) is 0 Å². The Hall–Kier alpha value is -2.95. The second-order valence-corrected chi connectivity index (χ2v) is 8.64. The highest BCUT2D eigenvalue weighted by Crippen LogP contribution is 2.40. The first-order chi connectivity index (χ1) is 14.8. The quantitative estimate of drug-likeness (QED) is 0.337. The molecule has 1 aliphatic heterocycles. The summed E-state index contributed by atoms with van der Waals surface area (Å²) in [6.45, 7) is 7.52. The van der Waals surface area contributed by atoms with Crippen molar-refractivity contribution in [2.24, 2.45) is 0 Å². The number of hydrogen-bond donors (Lipinski definition) is 2. The number of halogens is 2. The molecule has 158 valence electrons. The Morgan fingerprint density at radius 1 is 1.13 bits per heavy atom. The number of nitrogens with two attached hydrogens (primary N) is 1. The Morgan fingerprint density at radius 2 is 1.81 bits per heavy atom. The van der Waals surface area contributed by atoms with Gasteiger partial charge in [-0.1, -0.05) is 71.8 Å². The summed E-state index contributed by atoms with van der Waals surface area (Å²) in [6.07, 6.45) is 0. The van der Waals surface area contributed by atoms with Crippen LogP contribution in [0.25, 0.3) is 11.1 Å². The standard InChI is InChI=1S/C25H23Cl2N3O/c1-15(2)13-30-14-19-18(17-10-20(26)24(28)21(27)11-17)8-9-22(23(19)25(30)31)29-12-16-6-4-3-5-7-16/h3-11,29H,1,12-14,28H2,2H3. The van der Waals surface area contributed by atoms with Crippen LogP contribution in [0.1, 0.15) is 28.4 Å². The van der Waals surface area contributed by atoms with Crippen LogP contribution in [0.5, 0.6) is 0 Å². The van der Waals surface area contributed by atoms with Crippen LogP contribution in [0.15, 0.2) is 66.7 Å². The first kappa shape index (κ1) is 21.3. The van der Waals surface area contributed by atoms with Crippen LogP contribution in [0.3, 0.4) is 0 Å². The number of nitrogens with zero attached hydrogens (tertiary/aromatic N) is 1. The zero-order valence-electron chi connectivity index (χ0n) is 17.2. The second-order valence-electron chi connectivity index (χ2n) is 7.83. The molecule has 0 aliphatic carbocycles. The number of anilines is 2. The molecule has 4 rings (SSSR count). The molecule has 1 heterocycles. The average molecular weight is 452 g/mol. The number of hydrogen-bond acceptors (Lipinski definition) is 3. The van der Waals surface area contributed by atoms with Gasteiger partial charge in [-0.3, -0.25) is 4.79 Å². The lowest BCUT2D eigenvalue weighted by atomic mass is 9.95. The third kappa shape index (κ3) is 4.27. The van der Waals surface area contributed by atoms with Gasteiger partial charge in [0.05, 0.1) is 21.3 Å². The third-order valence-corrected chi connectivity index (χ3v) is 5.96. The average Bonchev–Trinajstić information content (AvgIpc) is 3.06. The highest BCUT2D eigenvalue weighted by molar-refractivity contribution is 6.39. The van der Waals surface area contributed by atoms with Crippen LogP contribution < -0.4 is 11.1 Å². The van der Waals surface area contributed by atoms with Crippen LogP contribution in [0.2, 0.25) is 10.0 Å². The van der Waals surface area contributed by atoms with Crippen molar-refractivity contribution in [3.8, 4) is 11.1 Å². The molecule has 4 nitrogen and oxygen atoms in total. The Kier molecular flexibility index (Phi) is 5.94. The monoisotopic (exact) mass is 451 g/mol. The van der Waals surface area contributed by atoms with Crippen molar-refractivity contribution < 1.29 is 4.79 Å². The van der Waals surface area contributed by atoms with Gasteiger partial charge in [0.2, 0.25) is 0 Å². The number of carbonyl (C=O) groups excluding carboxylic acids is 1. The van der Waals surface area contributed by atoms with E-state index in [4.69, 9.17) is 28.9 Å². The van der Waals surface area contributed by atoms with E-state index in [-0.39, 0.29) is 5.91 Å². The molecule has 0 fully saturated rings. The third-order valence-electron chi connectivity index (χ3n) is 5.34. The Bertz CT molecular complexity index is 1150. The van der Waals surface area contributed by atoms with Gasteiger partial charge in [-0.15, -0.1) is 0 Å². The van der Waals surface area contributed by atoms with Crippen molar-refractivity contribution in [1.29, 1.82) is 0 Å². The number of benzene rings is 3. The highest BCUT2D eigenvalue weighted by Gasteiger charge is 2.32. The number of carbonyl (C=O) groups is 1. The molecule has 3 aromatic rings. The minimum Gasteiger partial charge on any atom is -0.396 e. The van der Waals surface area contributed by atoms with Crippen LogP contribution >= 0.6 is 23.2 Å². The van der Waals surface area contributed by atoms with Gasteiger partial charge in [0.1, 0.15) is 0 Å². The molecule has 0 bridgehead atoms. The van der Waals surface area contributed by atoms with E-state index >= 15 is 0 Å². The lowest BCUT2D eigenvalue weighted by Crippen LogP contribution is -2.25. The minimum atomic E-state index is -0.0111. The number of amides is 1. The van der Waals surface area contributed by atoms with Crippen molar-refractivity contribution in [2.45, 2.75) is 20.0 Å². The van der Waals surface area contributed by atoms with Crippen molar-refractivity contribution in [3.05, 3.63) is 93.5 Å². The van der Waals surface area contributed by atoms with E-state index in [9.17, 15) is 4.79 Å². The molecular weight excluding hydrogens is 429 g/mol. The van der Waals surface area contributed by atoms with Crippen molar-refractivity contribution in [2.75, 3.05) is 17.6 Å². The van der Waals surface area contributed by atoms with Crippen LogP contribution in [0, 0.1) is 0 Å². The molecule has 1 aliphatic rings. The van der Waals surface area contributed by atoms with E-state index in [1.165, 1.54) is 0 Å². The van der Waals surface area contributed by atoms with E-state index in [1.54, 1.807) is 12.1 Å². The maximum Gasteiger partial charge on any atom is 0.256 e. The van der Waals surface area contributed by atoms with Gasteiger partial charge in [0.15, 0.2) is 0 Å². The summed E-state index contributed by atoms with van der Waals surface area (Å²) in [6, 6.07) is 17.6. The Labute approximate surface area is 192 Å². The summed E-state index contributed by atoms with van der Waals surface area (Å²) in [5.74, 6) is -0.0111. The fourth-order valence-electron chi connectivity index (χ4n) is 3.88. The zero-order valence-corrected chi connectivity index (χ0v) is 18.7. The smallest absolute Gasteiger partial charge is 0.256 e. The first-order valence-corrected chi connectivity index (χ1v) is 10.7. The van der Waals surface area contributed by atoms with Gasteiger partial charge in [-0.25, -0.2) is 0 Å². The molecule has 0 spiro atoms. The SMILES string of the molecule is C=C(C)CN1Cc2c(-c3cc(Cl)c(N)c(Cl)c3)ccc(NCc3ccccc3)c2C1=O. The number of nitrogens with one attached hydrogen (secondary N) is 1. The molecular formula is C25H23Cl2N3O. The summed E-state index contributed by atoms with van der Waals surface area (Å²) >= 11 is 12.6. The summed E-state index contributed by atoms with van der Waals surface area (Å²) < 4.78 is 0. The van der Waals surface area contributed by atoms with E-state index in [1.807, 2.05) is 42.2 Å². The predicted molar refractivity (Wildman–Crippen MR) is 130 cm³/mol. The normalized spacial score (nSPS) is 12.7. The summed E-state index contributed by atoms with van der Waals surface area (Å²) in [4.78, 5) is 15.1. The molecule has 0 aromatic heterocycles. The minimum absolute atomic E-state index is 0.0111. The molecule has 0 saturated heterocycles. The number of rotatable bonds is 6. The summed E-state index contributed by atoms with van der Waals surface area (Å²) in [5.41, 5.74) is 12.5. The van der Waals surface area contributed by atoms with Gasteiger partial charge in [-0.05, 0) is 47.4 Å². The zero-order chi connectivity index (χ0) is 22.1.